The van der Waals surface area contributed by atoms with Crippen LogP contribution in [0.3, 0.4) is 0 Å². The number of aromatic nitrogens is 4. The van der Waals surface area contributed by atoms with Gasteiger partial charge in [-0.1, -0.05) is 32.0 Å². The van der Waals surface area contributed by atoms with Gasteiger partial charge in [-0.05, 0) is 48.5 Å². The van der Waals surface area contributed by atoms with E-state index >= 15 is 0 Å². The fourth-order valence-electron chi connectivity index (χ4n) is 3.45. The first-order chi connectivity index (χ1) is 18.4. The lowest BCUT2D eigenvalue weighted by molar-refractivity contribution is -0.204. The predicted octanol–water partition coefficient (Wildman–Crippen LogP) is 5.69. The van der Waals surface area contributed by atoms with Crippen LogP contribution >= 0.6 is 0 Å². The highest BCUT2D eigenvalue weighted by molar-refractivity contribution is 5.92. The van der Waals surface area contributed by atoms with Gasteiger partial charge in [0.15, 0.2) is 5.69 Å². The van der Waals surface area contributed by atoms with Crippen molar-refractivity contribution in [1.82, 2.24) is 30.9 Å². The second kappa shape index (κ2) is 11.8. The minimum absolute atomic E-state index is 0.0944. The Bertz CT molecular complexity index is 1310. The van der Waals surface area contributed by atoms with E-state index in [1.54, 1.807) is 13.0 Å². The molecule has 2 aromatic heterocycles. The summed E-state index contributed by atoms with van der Waals surface area (Å²) in [4.78, 5) is 31.7. The summed E-state index contributed by atoms with van der Waals surface area (Å²) in [6, 6.07) is 5.05. The molecule has 2 heterocycles. The van der Waals surface area contributed by atoms with Gasteiger partial charge in [-0.3, -0.25) is 9.59 Å². The van der Waals surface area contributed by atoms with Crippen LogP contribution in [0, 0.1) is 18.3 Å². The molecule has 1 saturated carbocycles. The number of halogens is 6. The fraction of sp³-hybridized carbons (Fsp3) is 0.560. The molecule has 1 aliphatic carbocycles. The zero-order chi connectivity index (χ0) is 29.9. The van der Waals surface area contributed by atoms with Gasteiger partial charge in [-0.2, -0.15) is 26.3 Å². The number of carbonyl (C=O) groups is 2. The van der Waals surface area contributed by atoms with E-state index in [-0.39, 0.29) is 24.2 Å². The van der Waals surface area contributed by atoms with E-state index in [1.807, 2.05) is 12.1 Å². The Hall–Kier alpha value is -3.65. The molecule has 1 fully saturated rings. The van der Waals surface area contributed by atoms with Gasteiger partial charge in [-0.15, -0.1) is 0 Å². The van der Waals surface area contributed by atoms with Crippen molar-refractivity contribution in [2.24, 2.45) is 11.3 Å². The quantitative estimate of drug-likeness (QED) is 0.296. The number of H-pyrrole nitrogens is 1. The van der Waals surface area contributed by atoms with Crippen LogP contribution in [0.15, 0.2) is 22.8 Å². The summed E-state index contributed by atoms with van der Waals surface area (Å²) in [5.74, 6) is -0.356. The zero-order valence-corrected chi connectivity index (χ0v) is 22.3. The molecule has 1 aromatic carbocycles. The van der Waals surface area contributed by atoms with E-state index < -0.39 is 42.4 Å². The number of nitrogens with zero attached hydrogens (tertiary/aromatic N) is 3. The Morgan fingerprint density at radius 1 is 1.10 bits per heavy atom. The molecule has 1 unspecified atom stereocenters. The molecule has 40 heavy (non-hydrogen) atoms. The number of carbonyl (C=O) groups excluding carboxylic acids is 2. The largest absolute Gasteiger partial charge is 0.393 e. The van der Waals surface area contributed by atoms with Gasteiger partial charge in [0.25, 0.3) is 5.91 Å². The van der Waals surface area contributed by atoms with Crippen LogP contribution in [0.4, 0.5) is 26.3 Å². The maximum Gasteiger partial charge on any atom is 0.393 e. The highest BCUT2D eigenvalue weighted by atomic mass is 19.4. The van der Waals surface area contributed by atoms with Crippen molar-refractivity contribution >= 4 is 22.8 Å². The summed E-state index contributed by atoms with van der Waals surface area (Å²) in [6.45, 7) is 5.16. The standard InChI is InChI=1S/C20H21F3N6O3.C5H9F3/c1-10-17(29-32-28-10)19(31)24-9-15-25-13-5-4-12(8-14(13)26-15)18(11-2-3-11)27-16(30)6-7-20(21,22)23;1-4(2,3)5(6,7)8/h4-5,8,11,18H,2-3,6-7,9H2,1H3,(H,24,31)(H,25,26)(H,27,30);1-3H3. The molecule has 1 atom stereocenters. The van der Waals surface area contributed by atoms with Gasteiger partial charge < -0.3 is 15.6 Å². The monoisotopic (exact) mass is 576 g/mol. The summed E-state index contributed by atoms with van der Waals surface area (Å²) in [5.41, 5.74) is 1.06. The normalized spacial score (nSPS) is 14.8. The van der Waals surface area contributed by atoms with Crippen LogP contribution < -0.4 is 10.6 Å². The minimum Gasteiger partial charge on any atom is -0.349 e. The Morgan fingerprint density at radius 3 is 2.27 bits per heavy atom. The lowest BCUT2D eigenvalue weighted by atomic mass is 9.96. The smallest absolute Gasteiger partial charge is 0.349 e. The van der Waals surface area contributed by atoms with E-state index in [2.05, 4.69) is 35.5 Å². The lowest BCUT2D eigenvalue weighted by Crippen LogP contribution is -2.30. The molecule has 15 heteroatoms. The van der Waals surface area contributed by atoms with E-state index in [0.29, 0.717) is 22.6 Å². The van der Waals surface area contributed by atoms with Crippen LogP contribution in [-0.2, 0) is 11.3 Å². The third-order valence-electron chi connectivity index (χ3n) is 6.09. The summed E-state index contributed by atoms with van der Waals surface area (Å²) in [6.07, 6.45) is -8.36. The Balaban J connectivity index is 0.000000482. The second-order valence-electron chi connectivity index (χ2n) is 10.6. The van der Waals surface area contributed by atoms with Gasteiger partial charge in [0.1, 0.15) is 11.5 Å². The van der Waals surface area contributed by atoms with E-state index in [9.17, 15) is 35.9 Å². The third kappa shape index (κ3) is 8.68. The number of fused-ring (bicyclic) bond motifs is 1. The van der Waals surface area contributed by atoms with Crippen LogP contribution in [0.2, 0.25) is 0 Å². The number of aryl methyl sites for hydroxylation is 1. The molecule has 3 N–H and O–H groups in total. The highest BCUT2D eigenvalue weighted by Crippen LogP contribution is 2.41. The first-order valence-electron chi connectivity index (χ1n) is 12.4. The Morgan fingerprint density at radius 2 is 1.75 bits per heavy atom. The summed E-state index contributed by atoms with van der Waals surface area (Å²) >= 11 is 0. The predicted molar refractivity (Wildman–Crippen MR) is 131 cm³/mol. The number of hydrogen-bond acceptors (Lipinski definition) is 6. The van der Waals surface area contributed by atoms with Crippen LogP contribution in [0.5, 0.6) is 0 Å². The SMILES string of the molecule is CC(C)(C)C(F)(F)F.Cc1nonc1C(=O)NCc1nc2ccc(C(NC(=O)CCC(F)(F)F)C3CC3)cc2[nH]1. The number of hydrogen-bond donors (Lipinski definition) is 3. The first-order valence-corrected chi connectivity index (χ1v) is 12.4. The average Bonchev–Trinajstić information content (AvgIpc) is 3.45. The molecule has 0 spiro atoms. The molecule has 0 aliphatic heterocycles. The Kier molecular flexibility index (Phi) is 9.14. The van der Waals surface area contributed by atoms with Crippen LogP contribution in [0.25, 0.3) is 11.0 Å². The van der Waals surface area contributed by atoms with Crippen molar-refractivity contribution in [2.75, 3.05) is 0 Å². The van der Waals surface area contributed by atoms with Gasteiger partial charge in [-0.25, -0.2) is 9.61 Å². The summed E-state index contributed by atoms with van der Waals surface area (Å²) in [7, 11) is 0. The molecule has 220 valence electrons. The topological polar surface area (TPSA) is 126 Å². The van der Waals surface area contributed by atoms with Gasteiger partial charge in [0.05, 0.1) is 35.5 Å². The molecule has 0 radical (unpaired) electrons. The van der Waals surface area contributed by atoms with Crippen molar-refractivity contribution in [3.63, 3.8) is 0 Å². The molecule has 2 amide bonds. The molecular formula is C25H30F6N6O3. The number of alkyl halides is 6. The number of rotatable bonds is 8. The second-order valence-corrected chi connectivity index (χ2v) is 10.6. The number of amides is 2. The van der Waals surface area contributed by atoms with Crippen molar-refractivity contribution in [1.29, 1.82) is 0 Å². The summed E-state index contributed by atoms with van der Waals surface area (Å²) in [5, 5.41) is 12.5. The minimum atomic E-state index is -4.37. The summed E-state index contributed by atoms with van der Waals surface area (Å²) < 4.78 is 76.4. The lowest BCUT2D eigenvalue weighted by Gasteiger charge is -2.21. The van der Waals surface area contributed by atoms with Crippen molar-refractivity contribution in [2.45, 2.75) is 78.3 Å². The molecule has 1 aliphatic rings. The third-order valence-corrected chi connectivity index (χ3v) is 6.09. The van der Waals surface area contributed by atoms with E-state index in [4.69, 9.17) is 0 Å². The maximum absolute atomic E-state index is 12.4. The zero-order valence-electron chi connectivity index (χ0n) is 22.3. The van der Waals surface area contributed by atoms with Gasteiger partial charge in [0, 0.05) is 6.42 Å². The van der Waals surface area contributed by atoms with Crippen molar-refractivity contribution in [3.8, 4) is 0 Å². The van der Waals surface area contributed by atoms with Crippen molar-refractivity contribution in [3.05, 3.63) is 41.0 Å². The number of benzene rings is 1. The average molecular weight is 577 g/mol. The maximum atomic E-state index is 12.4. The fourth-order valence-corrected chi connectivity index (χ4v) is 3.45. The molecule has 4 rings (SSSR count). The van der Waals surface area contributed by atoms with Gasteiger partial charge >= 0.3 is 12.4 Å². The van der Waals surface area contributed by atoms with Crippen LogP contribution in [0.1, 0.15) is 80.1 Å². The molecular weight excluding hydrogens is 546 g/mol. The van der Waals surface area contributed by atoms with Gasteiger partial charge in [0.2, 0.25) is 5.91 Å². The van der Waals surface area contributed by atoms with Crippen LogP contribution in [-0.4, -0.2) is 44.4 Å². The molecule has 0 bridgehead atoms. The Labute approximate surface area is 225 Å². The molecule has 0 saturated heterocycles. The number of imidazole rings is 1. The first kappa shape index (κ1) is 30.9. The van der Waals surface area contributed by atoms with E-state index in [1.165, 1.54) is 0 Å². The number of aromatic amines is 1. The molecule has 3 aromatic rings. The van der Waals surface area contributed by atoms with Crippen molar-refractivity contribution < 1.29 is 40.6 Å². The number of nitrogens with one attached hydrogen (secondary N) is 3. The highest BCUT2D eigenvalue weighted by Gasteiger charge is 2.43. The molecule has 9 nitrogen and oxygen atoms in total. The van der Waals surface area contributed by atoms with E-state index in [0.717, 1.165) is 39.2 Å².